The number of Topliss-reactive ketones (excluding diaryl/α,β-unsaturated/α-hetero) is 1. The molecule has 0 aliphatic carbocycles. The summed E-state index contributed by atoms with van der Waals surface area (Å²) in [5.41, 5.74) is -0.339. The molecule has 0 spiro atoms. The Bertz CT molecular complexity index is 1170. The van der Waals surface area contributed by atoms with Crippen LogP contribution in [0.5, 0.6) is 0 Å². The lowest BCUT2D eigenvalue weighted by Gasteiger charge is -2.32. The number of esters is 1. The molecule has 2 aliphatic heterocycles. The number of methoxy groups -OCH3 is 1. The van der Waals surface area contributed by atoms with E-state index in [-0.39, 0.29) is 17.9 Å². The van der Waals surface area contributed by atoms with Crippen molar-refractivity contribution in [2.24, 2.45) is 11.8 Å². The SMILES string of the molecule is CCCC[C@]1(C(=O)OC)N[C@H](c2cccc(F)c2)[C@@H]2C(=O)N(c3cccc(C(C)=O)c3)C(=O)[C@H]21. The maximum Gasteiger partial charge on any atom is 0.326 e. The van der Waals surface area contributed by atoms with Crippen LogP contribution in [0.25, 0.3) is 0 Å². The van der Waals surface area contributed by atoms with Crippen LogP contribution in [0.2, 0.25) is 0 Å². The fraction of sp³-hybridized carbons (Fsp3) is 0.385. The van der Waals surface area contributed by atoms with Crippen LogP contribution in [0.15, 0.2) is 48.5 Å². The van der Waals surface area contributed by atoms with Gasteiger partial charge in [0.25, 0.3) is 0 Å². The molecule has 2 heterocycles. The molecule has 34 heavy (non-hydrogen) atoms. The number of rotatable bonds is 7. The summed E-state index contributed by atoms with van der Waals surface area (Å²) in [4.78, 5) is 53.7. The topological polar surface area (TPSA) is 92.8 Å². The summed E-state index contributed by atoms with van der Waals surface area (Å²) in [6.45, 7) is 3.36. The van der Waals surface area contributed by atoms with E-state index in [0.29, 0.717) is 17.5 Å². The number of hydrogen-bond acceptors (Lipinski definition) is 6. The summed E-state index contributed by atoms with van der Waals surface area (Å²) in [6.07, 6.45) is 1.65. The zero-order valence-corrected chi connectivity index (χ0v) is 19.3. The zero-order chi connectivity index (χ0) is 24.6. The number of carbonyl (C=O) groups is 4. The molecule has 1 N–H and O–H groups in total. The maximum absolute atomic E-state index is 14.1. The van der Waals surface area contributed by atoms with Crippen molar-refractivity contribution >= 4 is 29.3 Å². The molecular formula is C26H27FN2O5. The lowest BCUT2D eigenvalue weighted by molar-refractivity contribution is -0.152. The van der Waals surface area contributed by atoms with Gasteiger partial charge in [0, 0.05) is 11.6 Å². The average molecular weight is 467 g/mol. The van der Waals surface area contributed by atoms with E-state index in [1.54, 1.807) is 24.3 Å². The summed E-state index contributed by atoms with van der Waals surface area (Å²) < 4.78 is 19.2. The molecule has 7 nitrogen and oxygen atoms in total. The third-order valence-corrected chi connectivity index (χ3v) is 6.85. The second-order valence-electron chi connectivity index (χ2n) is 8.87. The van der Waals surface area contributed by atoms with Gasteiger partial charge in [-0.25, -0.2) is 9.29 Å². The highest BCUT2D eigenvalue weighted by Crippen LogP contribution is 2.51. The molecule has 4 atom stereocenters. The smallest absolute Gasteiger partial charge is 0.326 e. The third-order valence-electron chi connectivity index (χ3n) is 6.85. The first-order valence-corrected chi connectivity index (χ1v) is 11.4. The Balaban J connectivity index is 1.87. The number of imide groups is 1. The van der Waals surface area contributed by atoms with Gasteiger partial charge in [-0.2, -0.15) is 0 Å². The molecule has 2 aromatic carbocycles. The molecule has 2 aromatic rings. The van der Waals surface area contributed by atoms with E-state index in [1.165, 1.54) is 38.3 Å². The second kappa shape index (κ2) is 9.10. The molecule has 178 valence electrons. The average Bonchev–Trinajstić information content (AvgIpc) is 3.31. The molecule has 2 amide bonds. The number of fused-ring (bicyclic) bond motifs is 1. The number of ketones is 1. The van der Waals surface area contributed by atoms with Gasteiger partial charge in [-0.15, -0.1) is 0 Å². The molecule has 0 bridgehead atoms. The second-order valence-corrected chi connectivity index (χ2v) is 8.87. The van der Waals surface area contributed by atoms with Gasteiger partial charge in [-0.05, 0) is 43.2 Å². The normalized spacial score (nSPS) is 26.0. The van der Waals surface area contributed by atoms with Gasteiger partial charge in [-0.3, -0.25) is 24.5 Å². The highest BCUT2D eigenvalue weighted by molar-refractivity contribution is 6.24. The van der Waals surface area contributed by atoms with Crippen LogP contribution in [0, 0.1) is 17.7 Å². The van der Waals surface area contributed by atoms with Crippen molar-refractivity contribution in [3.05, 3.63) is 65.5 Å². The Morgan fingerprint density at radius 1 is 1.12 bits per heavy atom. The van der Waals surface area contributed by atoms with Crippen LogP contribution >= 0.6 is 0 Å². The Hall–Kier alpha value is -3.39. The number of nitrogens with zero attached hydrogens (tertiary/aromatic N) is 1. The molecule has 0 radical (unpaired) electrons. The Morgan fingerprint density at radius 2 is 1.85 bits per heavy atom. The number of carbonyl (C=O) groups excluding carboxylic acids is 4. The van der Waals surface area contributed by atoms with Crippen LogP contribution < -0.4 is 10.2 Å². The quantitative estimate of drug-likeness (QED) is 0.381. The number of unbranched alkanes of at least 4 members (excludes halogenated alkanes) is 1. The number of halogens is 1. The zero-order valence-electron chi connectivity index (χ0n) is 19.3. The minimum Gasteiger partial charge on any atom is -0.468 e. The number of hydrogen-bond donors (Lipinski definition) is 1. The third kappa shape index (κ3) is 3.72. The first kappa shape index (κ1) is 23.8. The van der Waals surface area contributed by atoms with E-state index in [0.717, 1.165) is 11.3 Å². The summed E-state index contributed by atoms with van der Waals surface area (Å²) in [7, 11) is 1.25. The summed E-state index contributed by atoms with van der Waals surface area (Å²) >= 11 is 0. The number of benzene rings is 2. The first-order valence-electron chi connectivity index (χ1n) is 11.4. The minimum absolute atomic E-state index is 0.202. The fourth-order valence-electron chi connectivity index (χ4n) is 5.26. The lowest BCUT2D eigenvalue weighted by Crippen LogP contribution is -2.56. The maximum atomic E-state index is 14.1. The van der Waals surface area contributed by atoms with Crippen molar-refractivity contribution < 1.29 is 28.3 Å². The summed E-state index contributed by atoms with van der Waals surface area (Å²) in [5.74, 6) is -4.33. The van der Waals surface area contributed by atoms with Crippen LogP contribution in [0.1, 0.15) is 55.1 Å². The van der Waals surface area contributed by atoms with Crippen molar-refractivity contribution in [2.45, 2.75) is 44.7 Å². The predicted octanol–water partition coefficient (Wildman–Crippen LogP) is 3.58. The van der Waals surface area contributed by atoms with Crippen LogP contribution in [-0.4, -0.2) is 36.2 Å². The molecule has 8 heteroatoms. The van der Waals surface area contributed by atoms with Crippen molar-refractivity contribution in [1.82, 2.24) is 5.32 Å². The van der Waals surface area contributed by atoms with Crippen molar-refractivity contribution in [3.63, 3.8) is 0 Å². The minimum atomic E-state index is -1.44. The van der Waals surface area contributed by atoms with Crippen LogP contribution in [-0.2, 0) is 19.1 Å². The number of anilines is 1. The van der Waals surface area contributed by atoms with E-state index in [4.69, 9.17) is 4.74 Å². The van der Waals surface area contributed by atoms with Crippen LogP contribution in [0.3, 0.4) is 0 Å². The van der Waals surface area contributed by atoms with Gasteiger partial charge in [0.2, 0.25) is 11.8 Å². The molecule has 2 fully saturated rings. The molecule has 0 aromatic heterocycles. The monoisotopic (exact) mass is 466 g/mol. The van der Waals surface area contributed by atoms with Crippen molar-refractivity contribution in [3.8, 4) is 0 Å². The lowest BCUT2D eigenvalue weighted by atomic mass is 9.76. The Labute approximate surface area is 197 Å². The molecule has 2 saturated heterocycles. The summed E-state index contributed by atoms with van der Waals surface area (Å²) in [5, 5.41) is 3.23. The molecular weight excluding hydrogens is 439 g/mol. The van der Waals surface area contributed by atoms with E-state index in [9.17, 15) is 23.6 Å². The molecule has 0 unspecified atom stereocenters. The van der Waals surface area contributed by atoms with Crippen molar-refractivity contribution in [2.75, 3.05) is 12.0 Å². The fourth-order valence-corrected chi connectivity index (χ4v) is 5.26. The van der Waals surface area contributed by atoms with Gasteiger partial charge in [0.05, 0.1) is 24.6 Å². The van der Waals surface area contributed by atoms with Gasteiger partial charge in [0.1, 0.15) is 11.4 Å². The summed E-state index contributed by atoms with van der Waals surface area (Å²) in [6, 6.07) is 11.3. The number of ether oxygens (including phenoxy) is 1. The standard InChI is InChI=1S/C26H27FN2O5/c1-4-5-12-26(25(33)34-3)21-20(22(28-26)17-9-6-10-18(27)13-17)23(31)29(24(21)32)19-11-7-8-16(14-19)15(2)30/h6-11,13-14,20-22,28H,4-5,12H2,1-3H3/t20-,21+,22-,26+/m1/s1. The Kier molecular flexibility index (Phi) is 6.36. The number of nitrogens with one attached hydrogen (secondary N) is 1. The van der Waals surface area contributed by atoms with Gasteiger partial charge in [-0.1, -0.05) is 44.0 Å². The molecule has 0 saturated carbocycles. The van der Waals surface area contributed by atoms with Gasteiger partial charge < -0.3 is 4.74 Å². The number of amides is 2. The van der Waals surface area contributed by atoms with E-state index < -0.39 is 47.0 Å². The largest absolute Gasteiger partial charge is 0.468 e. The van der Waals surface area contributed by atoms with Gasteiger partial charge >= 0.3 is 5.97 Å². The van der Waals surface area contributed by atoms with E-state index in [1.807, 2.05) is 6.92 Å². The molecule has 2 aliphatic rings. The highest BCUT2D eigenvalue weighted by Gasteiger charge is 2.68. The van der Waals surface area contributed by atoms with Gasteiger partial charge in [0.15, 0.2) is 5.78 Å². The Morgan fingerprint density at radius 3 is 2.50 bits per heavy atom. The first-order chi connectivity index (χ1) is 16.2. The molecule has 4 rings (SSSR count). The van der Waals surface area contributed by atoms with E-state index in [2.05, 4.69) is 5.32 Å². The van der Waals surface area contributed by atoms with Crippen LogP contribution in [0.4, 0.5) is 10.1 Å². The highest BCUT2D eigenvalue weighted by atomic mass is 19.1. The van der Waals surface area contributed by atoms with Crippen molar-refractivity contribution in [1.29, 1.82) is 0 Å². The van der Waals surface area contributed by atoms with E-state index >= 15 is 0 Å². The predicted molar refractivity (Wildman–Crippen MR) is 122 cm³/mol.